The van der Waals surface area contributed by atoms with Gasteiger partial charge in [0.05, 0.1) is 10.5 Å². The molecule has 0 atom stereocenters. The minimum atomic E-state index is -0.673. The number of rotatable bonds is 2. The molecule has 0 unspecified atom stereocenters. The third-order valence-electron chi connectivity index (χ3n) is 2.33. The smallest absolute Gasteiger partial charge is 0.270 e. The van der Waals surface area contributed by atoms with Gasteiger partial charge in [-0.2, -0.15) is 0 Å². The fourth-order valence-electron chi connectivity index (χ4n) is 1.63. The molecule has 0 radical (unpaired) electrons. The molecule has 1 aromatic heterocycles. The molecule has 0 aliphatic carbocycles. The summed E-state index contributed by atoms with van der Waals surface area (Å²) >= 11 is 7.88. The number of nitrogens with zero attached hydrogens (tertiary/aromatic N) is 2. The van der Waals surface area contributed by atoms with Gasteiger partial charge >= 0.3 is 0 Å². The van der Waals surface area contributed by atoms with Crippen LogP contribution in [-0.2, 0) is 0 Å². The highest BCUT2D eigenvalue weighted by Crippen LogP contribution is 2.35. The van der Waals surface area contributed by atoms with E-state index in [0.717, 1.165) is 4.90 Å². The van der Waals surface area contributed by atoms with E-state index in [-0.39, 0.29) is 15.5 Å². The van der Waals surface area contributed by atoms with Gasteiger partial charge in [-0.05, 0) is 18.2 Å². The number of hydrogen-bond donors (Lipinski definition) is 1. The number of hydrogen-bond acceptors (Lipinski definition) is 4. The van der Waals surface area contributed by atoms with E-state index in [1.165, 1.54) is 0 Å². The van der Waals surface area contributed by atoms with Crippen LogP contribution in [0.2, 0.25) is 5.02 Å². The number of carbonyl (C=O) groups excluding carboxylic acids is 1. The van der Waals surface area contributed by atoms with Gasteiger partial charge in [-0.1, -0.05) is 32.4 Å². The van der Waals surface area contributed by atoms with Crippen LogP contribution < -0.4 is 5.73 Å². The molecule has 2 rings (SSSR count). The van der Waals surface area contributed by atoms with Crippen LogP contribution in [0, 0.1) is 0 Å². The van der Waals surface area contributed by atoms with Crippen LogP contribution in [0.4, 0.5) is 0 Å². The number of primary amides is 1. The second-order valence-corrected chi connectivity index (χ2v) is 7.40. The Labute approximate surface area is 120 Å². The number of amides is 1. The maximum absolute atomic E-state index is 11.2. The van der Waals surface area contributed by atoms with Crippen LogP contribution in [-0.4, -0.2) is 20.9 Å². The predicted octanol–water partition coefficient (Wildman–Crippen LogP) is 3.27. The Morgan fingerprint density at radius 2 is 2.00 bits per heavy atom. The zero-order chi connectivity index (χ0) is 14.2. The lowest BCUT2D eigenvalue weighted by molar-refractivity contribution is 0.0995. The number of fused-ring (bicyclic) bond motifs is 1. The monoisotopic (exact) mass is 295 g/mol. The molecule has 0 saturated carbocycles. The SMILES string of the molecule is CC(C)(C)Sc1ccc2nnc(C(N)=O)c(Cl)c2c1. The van der Waals surface area contributed by atoms with Crippen LogP contribution in [0.3, 0.4) is 0 Å². The summed E-state index contributed by atoms with van der Waals surface area (Å²) in [4.78, 5) is 12.3. The van der Waals surface area contributed by atoms with Gasteiger partial charge in [0.25, 0.3) is 5.91 Å². The second kappa shape index (κ2) is 4.98. The average molecular weight is 296 g/mol. The van der Waals surface area contributed by atoms with Gasteiger partial charge in [-0.25, -0.2) is 0 Å². The van der Waals surface area contributed by atoms with Crippen molar-refractivity contribution >= 4 is 40.2 Å². The molecule has 2 aromatic rings. The van der Waals surface area contributed by atoms with Crippen molar-refractivity contribution in [3.05, 3.63) is 28.9 Å². The van der Waals surface area contributed by atoms with E-state index in [1.54, 1.807) is 11.8 Å². The molecule has 2 N–H and O–H groups in total. The van der Waals surface area contributed by atoms with Gasteiger partial charge in [0, 0.05) is 15.0 Å². The molecule has 1 aromatic carbocycles. The highest BCUT2D eigenvalue weighted by atomic mass is 35.5. The number of aromatic nitrogens is 2. The molecule has 0 fully saturated rings. The van der Waals surface area contributed by atoms with Gasteiger partial charge in [-0.3, -0.25) is 4.79 Å². The highest BCUT2D eigenvalue weighted by molar-refractivity contribution is 8.00. The Bertz CT molecular complexity index is 652. The molecule has 0 bridgehead atoms. The summed E-state index contributed by atoms with van der Waals surface area (Å²) in [5.74, 6) is -0.673. The molecule has 19 heavy (non-hydrogen) atoms. The van der Waals surface area contributed by atoms with Crippen LogP contribution in [0.1, 0.15) is 31.3 Å². The maximum atomic E-state index is 11.2. The van der Waals surface area contributed by atoms with Crippen molar-refractivity contribution < 1.29 is 4.79 Å². The number of halogens is 1. The van der Waals surface area contributed by atoms with Crippen molar-refractivity contribution in [1.29, 1.82) is 0 Å². The standard InChI is InChI=1S/C13H14ClN3OS/c1-13(2,3)19-7-4-5-9-8(6-7)10(14)11(12(15)18)17-16-9/h4-6H,1-3H3,(H2,15,18). The van der Waals surface area contributed by atoms with E-state index in [2.05, 4.69) is 31.0 Å². The third-order valence-corrected chi connectivity index (χ3v) is 3.81. The molecule has 1 amide bonds. The molecule has 0 spiro atoms. The predicted molar refractivity (Wildman–Crippen MR) is 78.7 cm³/mol. The van der Waals surface area contributed by atoms with Crippen molar-refractivity contribution in [3.8, 4) is 0 Å². The molecule has 6 heteroatoms. The first kappa shape index (κ1) is 14.1. The number of thioether (sulfide) groups is 1. The number of carbonyl (C=O) groups is 1. The molecule has 0 aliphatic heterocycles. The van der Waals surface area contributed by atoms with Crippen molar-refractivity contribution in [3.63, 3.8) is 0 Å². The fraction of sp³-hybridized carbons (Fsp3) is 0.308. The topological polar surface area (TPSA) is 68.9 Å². The Morgan fingerprint density at radius 3 is 2.58 bits per heavy atom. The molecular formula is C13H14ClN3OS. The Balaban J connectivity index is 2.57. The van der Waals surface area contributed by atoms with Crippen LogP contribution in [0.15, 0.2) is 23.1 Å². The highest BCUT2D eigenvalue weighted by Gasteiger charge is 2.16. The van der Waals surface area contributed by atoms with Crippen LogP contribution >= 0.6 is 23.4 Å². The van der Waals surface area contributed by atoms with Crippen molar-refractivity contribution in [1.82, 2.24) is 10.2 Å². The van der Waals surface area contributed by atoms with Gasteiger partial charge in [0.1, 0.15) is 0 Å². The summed E-state index contributed by atoms with van der Waals surface area (Å²) < 4.78 is 0.0904. The molecular weight excluding hydrogens is 282 g/mol. The molecule has 4 nitrogen and oxygen atoms in total. The fourth-order valence-corrected chi connectivity index (χ4v) is 2.93. The summed E-state index contributed by atoms with van der Waals surface area (Å²) in [6, 6.07) is 5.72. The lowest BCUT2D eigenvalue weighted by Gasteiger charge is -2.17. The van der Waals surface area contributed by atoms with Gasteiger partial charge in [-0.15, -0.1) is 22.0 Å². The van der Waals surface area contributed by atoms with Gasteiger partial charge in [0.2, 0.25) is 0 Å². The zero-order valence-electron chi connectivity index (χ0n) is 10.9. The molecule has 1 heterocycles. The minimum Gasteiger partial charge on any atom is -0.364 e. The Morgan fingerprint density at radius 1 is 1.32 bits per heavy atom. The molecule has 100 valence electrons. The van der Waals surface area contributed by atoms with E-state index in [9.17, 15) is 4.79 Å². The first-order chi connectivity index (χ1) is 8.78. The zero-order valence-corrected chi connectivity index (χ0v) is 12.5. The third kappa shape index (κ3) is 3.16. The summed E-state index contributed by atoms with van der Waals surface area (Å²) in [6.07, 6.45) is 0. The van der Waals surface area contributed by atoms with E-state index in [0.29, 0.717) is 10.9 Å². The van der Waals surface area contributed by atoms with Gasteiger partial charge < -0.3 is 5.73 Å². The van der Waals surface area contributed by atoms with E-state index in [1.807, 2.05) is 18.2 Å². The minimum absolute atomic E-state index is 0.00655. The van der Waals surface area contributed by atoms with Crippen LogP contribution in [0.25, 0.3) is 10.9 Å². The van der Waals surface area contributed by atoms with Crippen LogP contribution in [0.5, 0.6) is 0 Å². The molecule has 0 aliphatic rings. The quantitative estimate of drug-likeness (QED) is 0.863. The number of benzene rings is 1. The Hall–Kier alpha value is -1.33. The average Bonchev–Trinajstić information content (AvgIpc) is 2.27. The summed E-state index contributed by atoms with van der Waals surface area (Å²) in [6.45, 7) is 6.38. The summed E-state index contributed by atoms with van der Waals surface area (Å²) in [7, 11) is 0. The second-order valence-electron chi connectivity index (χ2n) is 5.12. The largest absolute Gasteiger partial charge is 0.364 e. The summed E-state index contributed by atoms with van der Waals surface area (Å²) in [5.41, 5.74) is 5.87. The van der Waals surface area contributed by atoms with Crippen molar-refractivity contribution in [2.45, 2.75) is 30.4 Å². The maximum Gasteiger partial charge on any atom is 0.270 e. The van der Waals surface area contributed by atoms with Gasteiger partial charge in [0.15, 0.2) is 5.69 Å². The van der Waals surface area contributed by atoms with E-state index < -0.39 is 5.91 Å². The number of nitrogens with two attached hydrogens (primary N) is 1. The normalized spacial score (nSPS) is 11.8. The van der Waals surface area contributed by atoms with E-state index in [4.69, 9.17) is 17.3 Å². The Kier molecular flexibility index (Phi) is 3.69. The summed E-state index contributed by atoms with van der Waals surface area (Å²) in [5, 5.41) is 8.66. The van der Waals surface area contributed by atoms with Crippen molar-refractivity contribution in [2.24, 2.45) is 5.73 Å². The lowest BCUT2D eigenvalue weighted by Crippen LogP contribution is -2.14. The lowest BCUT2D eigenvalue weighted by atomic mass is 10.2. The van der Waals surface area contributed by atoms with Crippen molar-refractivity contribution in [2.75, 3.05) is 0 Å². The first-order valence-corrected chi connectivity index (χ1v) is 6.92. The molecule has 0 saturated heterocycles. The van der Waals surface area contributed by atoms with E-state index >= 15 is 0 Å². The first-order valence-electron chi connectivity index (χ1n) is 5.73.